The Bertz CT molecular complexity index is 289. The fraction of sp³-hybridized carbons (Fsp3) is 1.00. The van der Waals surface area contributed by atoms with E-state index in [1.165, 1.54) is 6.26 Å². The van der Waals surface area contributed by atoms with E-state index in [0.29, 0.717) is 26.1 Å². The molecule has 1 saturated heterocycles. The highest BCUT2D eigenvalue weighted by atomic mass is 32.2. The average Bonchev–Trinajstić information content (AvgIpc) is 2.52. The second-order valence-corrected chi connectivity index (χ2v) is 6.91. The molecule has 0 spiro atoms. The average molecular weight is 236 g/mol. The summed E-state index contributed by atoms with van der Waals surface area (Å²) in [4.78, 5) is 0. The highest BCUT2D eigenvalue weighted by molar-refractivity contribution is 7.90. The van der Waals surface area contributed by atoms with Crippen LogP contribution in [0.15, 0.2) is 0 Å². The maximum atomic E-state index is 10.9. The van der Waals surface area contributed by atoms with Crippen molar-refractivity contribution in [2.24, 2.45) is 5.92 Å². The van der Waals surface area contributed by atoms with Crippen LogP contribution in [0.25, 0.3) is 0 Å². The van der Waals surface area contributed by atoms with E-state index in [4.69, 9.17) is 4.74 Å². The van der Waals surface area contributed by atoms with Gasteiger partial charge in [-0.15, -0.1) is 0 Å². The molecule has 0 aromatic carbocycles. The van der Waals surface area contributed by atoms with E-state index in [1.807, 2.05) is 0 Å². The van der Waals surface area contributed by atoms with Crippen molar-refractivity contribution in [3.63, 3.8) is 0 Å². The lowest BCUT2D eigenvalue weighted by molar-refractivity contribution is -0.0126. The molecule has 0 aromatic heterocycles. The van der Waals surface area contributed by atoms with E-state index in [1.54, 1.807) is 6.92 Å². The number of ether oxygens (including phenoxy) is 1. The summed E-state index contributed by atoms with van der Waals surface area (Å²) in [5.74, 6) is 0.300. The van der Waals surface area contributed by atoms with Gasteiger partial charge in [-0.05, 0) is 26.2 Å². The summed E-state index contributed by atoms with van der Waals surface area (Å²) in [5, 5.41) is 10.1. The van der Waals surface area contributed by atoms with Crippen LogP contribution in [0.4, 0.5) is 0 Å². The summed E-state index contributed by atoms with van der Waals surface area (Å²) in [5.41, 5.74) is -0.790. The van der Waals surface area contributed by atoms with E-state index >= 15 is 0 Å². The minimum atomic E-state index is -2.91. The number of aliphatic hydroxyl groups is 1. The number of hydrogen-bond acceptors (Lipinski definition) is 4. The SMILES string of the molecule is CC(O)(CCCS(C)(=O)=O)C1CCOC1. The first kappa shape index (κ1) is 12.9. The molecule has 5 heteroatoms. The molecular formula is C10H20O4S. The topological polar surface area (TPSA) is 63.6 Å². The zero-order valence-corrected chi connectivity index (χ0v) is 10.2. The molecule has 1 aliphatic heterocycles. The predicted molar refractivity (Wildman–Crippen MR) is 58.5 cm³/mol. The van der Waals surface area contributed by atoms with Gasteiger partial charge in [0.05, 0.1) is 12.2 Å². The monoisotopic (exact) mass is 236 g/mol. The third kappa shape index (κ3) is 4.49. The van der Waals surface area contributed by atoms with E-state index in [9.17, 15) is 13.5 Å². The van der Waals surface area contributed by atoms with E-state index in [2.05, 4.69) is 0 Å². The Morgan fingerprint density at radius 2 is 2.20 bits per heavy atom. The Balaban J connectivity index is 2.35. The highest BCUT2D eigenvalue weighted by Gasteiger charge is 2.34. The first-order valence-electron chi connectivity index (χ1n) is 5.29. The van der Waals surface area contributed by atoms with Crippen molar-refractivity contribution in [2.75, 3.05) is 25.2 Å². The van der Waals surface area contributed by atoms with Crippen LogP contribution in [0.5, 0.6) is 0 Å². The van der Waals surface area contributed by atoms with Crippen molar-refractivity contribution in [1.82, 2.24) is 0 Å². The number of sulfone groups is 1. The summed E-state index contributed by atoms with van der Waals surface area (Å²) in [6.07, 6.45) is 3.13. The third-order valence-electron chi connectivity index (χ3n) is 3.01. The molecule has 1 N–H and O–H groups in total. The second kappa shape index (κ2) is 4.80. The zero-order valence-electron chi connectivity index (χ0n) is 9.40. The largest absolute Gasteiger partial charge is 0.390 e. The Hall–Kier alpha value is -0.130. The van der Waals surface area contributed by atoms with Crippen molar-refractivity contribution in [2.45, 2.75) is 31.8 Å². The van der Waals surface area contributed by atoms with Gasteiger partial charge in [0.2, 0.25) is 0 Å². The van der Waals surface area contributed by atoms with Gasteiger partial charge in [0.15, 0.2) is 0 Å². The molecule has 0 radical (unpaired) electrons. The predicted octanol–water partition coefficient (Wildman–Crippen LogP) is 0.599. The smallest absolute Gasteiger partial charge is 0.147 e. The summed E-state index contributed by atoms with van der Waals surface area (Å²) in [6.45, 7) is 3.06. The molecule has 0 aliphatic carbocycles. The summed E-state index contributed by atoms with van der Waals surface area (Å²) < 4.78 is 27.1. The van der Waals surface area contributed by atoms with Crippen LogP contribution in [0.2, 0.25) is 0 Å². The van der Waals surface area contributed by atoms with Crippen molar-refractivity contribution in [3.8, 4) is 0 Å². The summed E-state index contributed by atoms with van der Waals surface area (Å²) >= 11 is 0. The van der Waals surface area contributed by atoms with Crippen LogP contribution in [0.3, 0.4) is 0 Å². The van der Waals surface area contributed by atoms with Gasteiger partial charge in [0, 0.05) is 24.5 Å². The molecule has 2 unspecified atom stereocenters. The van der Waals surface area contributed by atoms with Crippen LogP contribution < -0.4 is 0 Å². The van der Waals surface area contributed by atoms with Crippen molar-refractivity contribution in [1.29, 1.82) is 0 Å². The lowest BCUT2D eigenvalue weighted by Crippen LogP contribution is -2.35. The minimum Gasteiger partial charge on any atom is -0.390 e. The van der Waals surface area contributed by atoms with Gasteiger partial charge < -0.3 is 9.84 Å². The molecule has 1 heterocycles. The first-order chi connectivity index (χ1) is 6.81. The third-order valence-corrected chi connectivity index (χ3v) is 4.04. The molecular weight excluding hydrogens is 216 g/mol. The van der Waals surface area contributed by atoms with Gasteiger partial charge in [0.25, 0.3) is 0 Å². The normalized spacial score (nSPS) is 26.5. The Morgan fingerprint density at radius 3 is 2.67 bits per heavy atom. The quantitative estimate of drug-likeness (QED) is 0.759. The zero-order chi connectivity index (χ0) is 11.5. The number of rotatable bonds is 5. The van der Waals surface area contributed by atoms with E-state index in [0.717, 1.165) is 6.42 Å². The minimum absolute atomic E-state index is 0.150. The lowest BCUT2D eigenvalue weighted by Gasteiger charge is -2.28. The van der Waals surface area contributed by atoms with Crippen molar-refractivity contribution in [3.05, 3.63) is 0 Å². The Kier molecular flexibility index (Phi) is 4.14. The molecule has 90 valence electrons. The van der Waals surface area contributed by atoms with E-state index < -0.39 is 15.4 Å². The van der Waals surface area contributed by atoms with Crippen LogP contribution in [0.1, 0.15) is 26.2 Å². The molecule has 0 bridgehead atoms. The molecule has 0 amide bonds. The highest BCUT2D eigenvalue weighted by Crippen LogP contribution is 2.29. The molecule has 15 heavy (non-hydrogen) atoms. The van der Waals surface area contributed by atoms with Gasteiger partial charge in [-0.25, -0.2) is 8.42 Å². The fourth-order valence-electron chi connectivity index (χ4n) is 1.92. The molecule has 0 aromatic rings. The van der Waals surface area contributed by atoms with E-state index in [-0.39, 0.29) is 11.7 Å². The van der Waals surface area contributed by atoms with Gasteiger partial charge in [-0.2, -0.15) is 0 Å². The Labute approximate surface area is 91.6 Å². The van der Waals surface area contributed by atoms with Crippen molar-refractivity contribution < 1.29 is 18.3 Å². The van der Waals surface area contributed by atoms with Gasteiger partial charge >= 0.3 is 0 Å². The summed E-state index contributed by atoms with van der Waals surface area (Å²) in [7, 11) is -2.91. The first-order valence-corrected chi connectivity index (χ1v) is 7.35. The molecule has 1 fully saturated rings. The second-order valence-electron chi connectivity index (χ2n) is 4.65. The maximum absolute atomic E-state index is 10.9. The summed E-state index contributed by atoms with van der Waals surface area (Å²) in [6, 6.07) is 0. The molecule has 0 saturated carbocycles. The van der Waals surface area contributed by atoms with Crippen LogP contribution in [-0.4, -0.2) is 44.3 Å². The van der Waals surface area contributed by atoms with Crippen LogP contribution in [-0.2, 0) is 14.6 Å². The standard InChI is InChI=1S/C10H20O4S/c1-10(11,9-4-6-14-8-9)5-3-7-15(2,12)13/h9,11H,3-8H2,1-2H3. The molecule has 4 nitrogen and oxygen atoms in total. The van der Waals surface area contributed by atoms with Crippen LogP contribution in [0, 0.1) is 5.92 Å². The fourth-order valence-corrected chi connectivity index (χ4v) is 2.59. The number of hydrogen-bond donors (Lipinski definition) is 1. The Morgan fingerprint density at radius 1 is 1.53 bits per heavy atom. The lowest BCUT2D eigenvalue weighted by atomic mass is 9.85. The van der Waals surface area contributed by atoms with Gasteiger partial charge in [-0.1, -0.05) is 0 Å². The maximum Gasteiger partial charge on any atom is 0.147 e. The van der Waals surface area contributed by atoms with Gasteiger partial charge in [-0.3, -0.25) is 0 Å². The molecule has 1 rings (SSSR count). The molecule has 2 atom stereocenters. The molecule has 1 aliphatic rings. The van der Waals surface area contributed by atoms with Crippen LogP contribution >= 0.6 is 0 Å². The van der Waals surface area contributed by atoms with Crippen molar-refractivity contribution >= 4 is 9.84 Å². The van der Waals surface area contributed by atoms with Gasteiger partial charge in [0.1, 0.15) is 9.84 Å².